The molecule has 0 fully saturated rings. The summed E-state index contributed by atoms with van der Waals surface area (Å²) >= 11 is 5.87. The van der Waals surface area contributed by atoms with Gasteiger partial charge in [-0.25, -0.2) is 0 Å². The summed E-state index contributed by atoms with van der Waals surface area (Å²) in [4.78, 5) is 0. The molecule has 2 nitrogen and oxygen atoms in total. The van der Waals surface area contributed by atoms with Crippen molar-refractivity contribution in [2.45, 2.75) is 19.5 Å². The first-order valence-electron chi connectivity index (χ1n) is 6.31. The van der Waals surface area contributed by atoms with Gasteiger partial charge in [0.05, 0.1) is 7.11 Å². The summed E-state index contributed by atoms with van der Waals surface area (Å²) in [6.07, 6.45) is 0. The zero-order chi connectivity index (χ0) is 13.7. The number of ether oxygens (including phenoxy) is 1. The van der Waals surface area contributed by atoms with Crippen LogP contribution in [0.2, 0.25) is 5.02 Å². The number of rotatable bonds is 5. The van der Waals surface area contributed by atoms with Crippen molar-refractivity contribution >= 4 is 11.6 Å². The number of hydrogen-bond acceptors (Lipinski definition) is 2. The van der Waals surface area contributed by atoms with Gasteiger partial charge in [0.2, 0.25) is 0 Å². The zero-order valence-electron chi connectivity index (χ0n) is 11.2. The summed E-state index contributed by atoms with van der Waals surface area (Å²) in [6, 6.07) is 16.3. The Labute approximate surface area is 119 Å². The van der Waals surface area contributed by atoms with E-state index >= 15 is 0 Å². The number of hydrogen-bond donors (Lipinski definition) is 1. The summed E-state index contributed by atoms with van der Waals surface area (Å²) in [5.74, 6) is 0.887. The highest BCUT2D eigenvalue weighted by Gasteiger charge is 2.05. The van der Waals surface area contributed by atoms with Crippen molar-refractivity contribution in [3.8, 4) is 5.75 Å². The van der Waals surface area contributed by atoms with Crippen molar-refractivity contribution in [3.63, 3.8) is 0 Å². The summed E-state index contributed by atoms with van der Waals surface area (Å²) in [7, 11) is 1.69. The predicted molar refractivity (Wildman–Crippen MR) is 79.7 cm³/mol. The highest BCUT2D eigenvalue weighted by molar-refractivity contribution is 6.30. The Morgan fingerprint density at radius 2 is 1.89 bits per heavy atom. The second kappa shape index (κ2) is 6.60. The smallest absolute Gasteiger partial charge is 0.119 e. The van der Waals surface area contributed by atoms with Gasteiger partial charge >= 0.3 is 0 Å². The monoisotopic (exact) mass is 275 g/mol. The van der Waals surface area contributed by atoms with E-state index in [-0.39, 0.29) is 6.04 Å². The van der Waals surface area contributed by atoms with E-state index in [0.29, 0.717) is 0 Å². The maximum Gasteiger partial charge on any atom is 0.119 e. The average molecular weight is 276 g/mol. The lowest BCUT2D eigenvalue weighted by Crippen LogP contribution is -2.18. The molecule has 0 spiro atoms. The molecular formula is C16H18ClNO. The normalized spacial score (nSPS) is 12.2. The van der Waals surface area contributed by atoms with E-state index in [2.05, 4.69) is 24.4 Å². The Balaban J connectivity index is 1.96. The molecule has 1 N–H and O–H groups in total. The quantitative estimate of drug-likeness (QED) is 0.883. The average Bonchev–Trinajstić information content (AvgIpc) is 2.46. The molecule has 2 aromatic rings. The van der Waals surface area contributed by atoms with Gasteiger partial charge in [-0.15, -0.1) is 0 Å². The van der Waals surface area contributed by atoms with E-state index in [1.807, 2.05) is 36.4 Å². The summed E-state index contributed by atoms with van der Waals surface area (Å²) < 4.78 is 5.24. The fourth-order valence-corrected chi connectivity index (χ4v) is 2.03. The molecule has 0 aliphatic heterocycles. The van der Waals surface area contributed by atoms with Crippen LogP contribution in [0.15, 0.2) is 48.5 Å². The minimum absolute atomic E-state index is 0.269. The third-order valence-electron chi connectivity index (χ3n) is 3.12. The Bertz CT molecular complexity index is 525. The summed E-state index contributed by atoms with van der Waals surface area (Å²) in [5.41, 5.74) is 2.44. The molecule has 3 heteroatoms. The van der Waals surface area contributed by atoms with Gasteiger partial charge in [-0.3, -0.25) is 0 Å². The van der Waals surface area contributed by atoms with Gasteiger partial charge in [-0.1, -0.05) is 35.9 Å². The molecule has 0 saturated carbocycles. The third-order valence-corrected chi connectivity index (χ3v) is 3.37. The third kappa shape index (κ3) is 3.98. The molecule has 0 amide bonds. The molecule has 0 aliphatic carbocycles. The van der Waals surface area contributed by atoms with Crippen molar-refractivity contribution in [1.29, 1.82) is 0 Å². The van der Waals surface area contributed by atoms with Crippen LogP contribution in [-0.2, 0) is 6.54 Å². The second-order valence-electron chi connectivity index (χ2n) is 4.51. The maximum atomic E-state index is 5.87. The van der Waals surface area contributed by atoms with Crippen molar-refractivity contribution in [2.75, 3.05) is 7.11 Å². The molecule has 1 atom stereocenters. The van der Waals surface area contributed by atoms with Crippen LogP contribution in [0.3, 0.4) is 0 Å². The van der Waals surface area contributed by atoms with Crippen LogP contribution in [0.5, 0.6) is 5.75 Å². The van der Waals surface area contributed by atoms with Gasteiger partial charge in [0.25, 0.3) is 0 Å². The molecular weight excluding hydrogens is 258 g/mol. The van der Waals surface area contributed by atoms with Crippen molar-refractivity contribution in [1.82, 2.24) is 5.32 Å². The Morgan fingerprint density at radius 3 is 2.58 bits per heavy atom. The van der Waals surface area contributed by atoms with E-state index in [9.17, 15) is 0 Å². The lowest BCUT2D eigenvalue weighted by Gasteiger charge is -2.15. The molecule has 0 aliphatic rings. The maximum absolute atomic E-state index is 5.87. The number of halogens is 1. The molecule has 0 saturated heterocycles. The van der Waals surface area contributed by atoms with E-state index in [1.165, 1.54) is 11.1 Å². The van der Waals surface area contributed by atoms with E-state index in [1.54, 1.807) is 7.11 Å². The van der Waals surface area contributed by atoms with Gasteiger partial charge in [-0.2, -0.15) is 0 Å². The first-order valence-corrected chi connectivity index (χ1v) is 6.68. The van der Waals surface area contributed by atoms with Gasteiger partial charge in [0.15, 0.2) is 0 Å². The molecule has 19 heavy (non-hydrogen) atoms. The number of methoxy groups -OCH3 is 1. The van der Waals surface area contributed by atoms with Crippen LogP contribution in [-0.4, -0.2) is 7.11 Å². The highest BCUT2D eigenvalue weighted by atomic mass is 35.5. The standard InChI is InChI=1S/C16H18ClNO/c1-12(14-4-3-5-16(10-14)19-2)18-11-13-6-8-15(17)9-7-13/h3-10,12,18H,11H2,1-2H3/t12-/m1/s1. The minimum Gasteiger partial charge on any atom is -0.497 e. The molecule has 2 aromatic carbocycles. The summed E-state index contributed by atoms with van der Waals surface area (Å²) in [6.45, 7) is 2.96. The van der Waals surface area contributed by atoms with E-state index < -0.39 is 0 Å². The first-order chi connectivity index (χ1) is 9.19. The van der Waals surface area contributed by atoms with Crippen LogP contribution in [0.1, 0.15) is 24.1 Å². The summed E-state index contributed by atoms with van der Waals surface area (Å²) in [5, 5.41) is 4.26. The SMILES string of the molecule is COc1cccc([C@@H](C)NCc2ccc(Cl)cc2)c1. The fraction of sp³-hybridized carbons (Fsp3) is 0.250. The molecule has 0 unspecified atom stereocenters. The molecule has 0 heterocycles. The molecule has 100 valence electrons. The molecule has 0 bridgehead atoms. The Morgan fingerprint density at radius 1 is 1.16 bits per heavy atom. The largest absolute Gasteiger partial charge is 0.497 e. The number of nitrogens with one attached hydrogen (secondary N) is 1. The second-order valence-corrected chi connectivity index (χ2v) is 4.94. The van der Waals surface area contributed by atoms with Crippen LogP contribution >= 0.6 is 11.6 Å². The zero-order valence-corrected chi connectivity index (χ0v) is 11.9. The Hall–Kier alpha value is -1.51. The minimum atomic E-state index is 0.269. The molecule has 0 aromatic heterocycles. The van der Waals surface area contributed by atoms with E-state index in [0.717, 1.165) is 17.3 Å². The van der Waals surface area contributed by atoms with Gasteiger partial charge in [0.1, 0.15) is 5.75 Å². The molecule has 0 radical (unpaired) electrons. The first kappa shape index (κ1) is 13.9. The lowest BCUT2D eigenvalue weighted by atomic mass is 10.1. The Kier molecular flexibility index (Phi) is 4.83. The fourth-order valence-electron chi connectivity index (χ4n) is 1.90. The van der Waals surface area contributed by atoms with Crippen LogP contribution in [0.4, 0.5) is 0 Å². The van der Waals surface area contributed by atoms with Gasteiger partial charge in [-0.05, 0) is 42.3 Å². The van der Waals surface area contributed by atoms with E-state index in [4.69, 9.17) is 16.3 Å². The van der Waals surface area contributed by atoms with Crippen LogP contribution < -0.4 is 10.1 Å². The molecule has 2 rings (SSSR count). The van der Waals surface area contributed by atoms with Crippen molar-refractivity contribution in [2.24, 2.45) is 0 Å². The predicted octanol–water partition coefficient (Wildman–Crippen LogP) is 4.20. The van der Waals surface area contributed by atoms with Gasteiger partial charge in [0, 0.05) is 17.6 Å². The topological polar surface area (TPSA) is 21.3 Å². The van der Waals surface area contributed by atoms with Crippen molar-refractivity contribution < 1.29 is 4.74 Å². The van der Waals surface area contributed by atoms with Gasteiger partial charge < -0.3 is 10.1 Å². The van der Waals surface area contributed by atoms with Crippen LogP contribution in [0.25, 0.3) is 0 Å². The number of benzene rings is 2. The lowest BCUT2D eigenvalue weighted by molar-refractivity contribution is 0.413. The highest BCUT2D eigenvalue weighted by Crippen LogP contribution is 2.19. The van der Waals surface area contributed by atoms with Crippen LogP contribution in [0, 0.1) is 0 Å². The van der Waals surface area contributed by atoms with Crippen molar-refractivity contribution in [3.05, 3.63) is 64.7 Å².